The lowest BCUT2D eigenvalue weighted by atomic mass is 10.1. The Balaban J connectivity index is 2.03. The van der Waals surface area contributed by atoms with Gasteiger partial charge in [-0.25, -0.2) is 0 Å². The Labute approximate surface area is 141 Å². The van der Waals surface area contributed by atoms with Gasteiger partial charge in [0.1, 0.15) is 0 Å². The van der Waals surface area contributed by atoms with Crippen molar-refractivity contribution >= 4 is 23.2 Å². The Morgan fingerprint density at radius 1 is 1.17 bits per heavy atom. The molecule has 0 aromatic heterocycles. The number of ether oxygens (including phenoxy) is 2. The van der Waals surface area contributed by atoms with Gasteiger partial charge in [0.05, 0.1) is 14.2 Å². The van der Waals surface area contributed by atoms with Gasteiger partial charge in [0.25, 0.3) is 0 Å². The van der Waals surface area contributed by atoms with Crippen molar-refractivity contribution in [3.8, 4) is 11.5 Å². The predicted molar refractivity (Wildman–Crippen MR) is 92.7 cm³/mol. The highest BCUT2D eigenvalue weighted by atomic mass is 35.5. The monoisotopic (exact) mass is 333 g/mol. The molecule has 0 bridgehead atoms. The standard InChI is InChI=1S/C18H20ClNO3/c1-12-7-9-14(19)11-15(12)20-17(21)10-8-13-5-4-6-16(22-2)18(13)23-3/h4-7,9,11H,8,10H2,1-3H3,(H,20,21). The molecule has 0 aliphatic heterocycles. The summed E-state index contributed by atoms with van der Waals surface area (Å²) in [6.07, 6.45) is 0.904. The third kappa shape index (κ3) is 4.39. The number of hydrogen-bond acceptors (Lipinski definition) is 3. The zero-order valence-electron chi connectivity index (χ0n) is 13.5. The number of benzene rings is 2. The molecule has 0 aliphatic carbocycles. The summed E-state index contributed by atoms with van der Waals surface area (Å²) in [5, 5.41) is 3.49. The van der Waals surface area contributed by atoms with Crippen molar-refractivity contribution in [1.29, 1.82) is 0 Å². The number of aryl methyl sites for hydroxylation is 2. The largest absolute Gasteiger partial charge is 0.493 e. The van der Waals surface area contributed by atoms with Gasteiger partial charge in [-0.05, 0) is 42.7 Å². The van der Waals surface area contributed by atoms with Gasteiger partial charge in [-0.3, -0.25) is 4.79 Å². The summed E-state index contributed by atoms with van der Waals surface area (Å²) >= 11 is 5.96. The lowest BCUT2D eigenvalue weighted by Gasteiger charge is -2.13. The van der Waals surface area contributed by atoms with Crippen molar-refractivity contribution in [3.63, 3.8) is 0 Å². The first kappa shape index (κ1) is 17.2. The number of anilines is 1. The summed E-state index contributed by atoms with van der Waals surface area (Å²) in [7, 11) is 3.19. The van der Waals surface area contributed by atoms with Crippen molar-refractivity contribution in [3.05, 3.63) is 52.5 Å². The lowest BCUT2D eigenvalue weighted by molar-refractivity contribution is -0.116. The van der Waals surface area contributed by atoms with Gasteiger partial charge in [-0.1, -0.05) is 29.8 Å². The number of amides is 1. The van der Waals surface area contributed by atoms with Crippen LogP contribution >= 0.6 is 11.6 Å². The van der Waals surface area contributed by atoms with Crippen LogP contribution in [0.3, 0.4) is 0 Å². The van der Waals surface area contributed by atoms with Crippen LogP contribution in [0.25, 0.3) is 0 Å². The molecule has 0 saturated carbocycles. The first-order valence-electron chi connectivity index (χ1n) is 7.31. The van der Waals surface area contributed by atoms with Gasteiger partial charge < -0.3 is 14.8 Å². The molecular formula is C18H20ClNO3. The van der Waals surface area contributed by atoms with E-state index < -0.39 is 0 Å². The van der Waals surface area contributed by atoms with Crippen molar-refractivity contribution in [2.24, 2.45) is 0 Å². The minimum Gasteiger partial charge on any atom is -0.493 e. The van der Waals surface area contributed by atoms with Gasteiger partial charge in [-0.15, -0.1) is 0 Å². The maximum atomic E-state index is 12.2. The minimum atomic E-state index is -0.0692. The maximum absolute atomic E-state index is 12.2. The van der Waals surface area contributed by atoms with Crippen LogP contribution in [-0.4, -0.2) is 20.1 Å². The second-order valence-corrected chi connectivity index (χ2v) is 5.60. The van der Waals surface area contributed by atoms with Crippen molar-refractivity contribution < 1.29 is 14.3 Å². The molecule has 2 aromatic carbocycles. The highest BCUT2D eigenvalue weighted by molar-refractivity contribution is 6.31. The molecule has 0 heterocycles. The Hall–Kier alpha value is -2.20. The van der Waals surface area contributed by atoms with Crippen molar-refractivity contribution in [2.45, 2.75) is 19.8 Å². The number of rotatable bonds is 6. The SMILES string of the molecule is COc1cccc(CCC(=O)Nc2cc(Cl)ccc2C)c1OC. The number of carbonyl (C=O) groups excluding carboxylic acids is 1. The van der Waals surface area contributed by atoms with Crippen LogP contribution in [0.15, 0.2) is 36.4 Å². The van der Waals surface area contributed by atoms with Gasteiger partial charge in [0.2, 0.25) is 5.91 Å². The molecule has 2 rings (SSSR count). The highest BCUT2D eigenvalue weighted by Crippen LogP contribution is 2.31. The van der Waals surface area contributed by atoms with E-state index in [0.717, 1.165) is 16.8 Å². The maximum Gasteiger partial charge on any atom is 0.224 e. The van der Waals surface area contributed by atoms with Crippen LogP contribution in [-0.2, 0) is 11.2 Å². The van der Waals surface area contributed by atoms with Crippen LogP contribution in [0.5, 0.6) is 11.5 Å². The van der Waals surface area contributed by atoms with Crippen LogP contribution in [0, 0.1) is 6.92 Å². The zero-order valence-corrected chi connectivity index (χ0v) is 14.2. The molecule has 0 unspecified atom stereocenters. The third-order valence-electron chi connectivity index (χ3n) is 3.58. The third-order valence-corrected chi connectivity index (χ3v) is 3.81. The Kier molecular flexibility index (Phi) is 5.88. The molecule has 2 aromatic rings. The summed E-state index contributed by atoms with van der Waals surface area (Å²) in [6, 6.07) is 11.1. The molecule has 0 spiro atoms. The highest BCUT2D eigenvalue weighted by Gasteiger charge is 2.12. The van der Waals surface area contributed by atoms with Crippen LogP contribution in [0.1, 0.15) is 17.5 Å². The van der Waals surface area contributed by atoms with Gasteiger partial charge in [0.15, 0.2) is 11.5 Å². The Morgan fingerprint density at radius 3 is 2.65 bits per heavy atom. The molecular weight excluding hydrogens is 314 g/mol. The van der Waals surface area contributed by atoms with E-state index in [1.165, 1.54) is 0 Å². The van der Waals surface area contributed by atoms with E-state index in [1.54, 1.807) is 26.4 Å². The van der Waals surface area contributed by atoms with E-state index >= 15 is 0 Å². The quantitative estimate of drug-likeness (QED) is 0.860. The van der Waals surface area contributed by atoms with Crippen molar-refractivity contribution in [1.82, 2.24) is 0 Å². The van der Waals surface area contributed by atoms with E-state index in [1.807, 2.05) is 31.2 Å². The second kappa shape index (κ2) is 7.88. The van der Waals surface area contributed by atoms with E-state index in [9.17, 15) is 4.79 Å². The van der Waals surface area contributed by atoms with Gasteiger partial charge in [-0.2, -0.15) is 0 Å². The molecule has 5 heteroatoms. The Morgan fingerprint density at radius 2 is 1.96 bits per heavy atom. The summed E-state index contributed by atoms with van der Waals surface area (Å²) in [6.45, 7) is 1.93. The molecule has 0 radical (unpaired) electrons. The second-order valence-electron chi connectivity index (χ2n) is 5.16. The lowest BCUT2D eigenvalue weighted by Crippen LogP contribution is -2.13. The summed E-state index contributed by atoms with van der Waals surface area (Å²) in [4.78, 5) is 12.2. The van der Waals surface area contributed by atoms with E-state index in [4.69, 9.17) is 21.1 Å². The molecule has 0 saturated heterocycles. The fraction of sp³-hybridized carbons (Fsp3) is 0.278. The first-order valence-corrected chi connectivity index (χ1v) is 7.68. The molecule has 23 heavy (non-hydrogen) atoms. The zero-order chi connectivity index (χ0) is 16.8. The van der Waals surface area contributed by atoms with Gasteiger partial charge in [0, 0.05) is 17.1 Å². The number of methoxy groups -OCH3 is 2. The van der Waals surface area contributed by atoms with Crippen LogP contribution in [0.2, 0.25) is 5.02 Å². The molecule has 0 atom stereocenters. The molecule has 0 fully saturated rings. The summed E-state index contributed by atoms with van der Waals surface area (Å²) in [5.41, 5.74) is 2.65. The number of carbonyl (C=O) groups is 1. The molecule has 1 N–H and O–H groups in total. The molecule has 4 nitrogen and oxygen atoms in total. The normalized spacial score (nSPS) is 10.3. The van der Waals surface area contributed by atoms with E-state index in [-0.39, 0.29) is 5.91 Å². The average molecular weight is 334 g/mol. The first-order chi connectivity index (χ1) is 11.0. The van der Waals surface area contributed by atoms with E-state index in [2.05, 4.69) is 5.32 Å². The smallest absolute Gasteiger partial charge is 0.224 e. The summed E-state index contributed by atoms with van der Waals surface area (Å²) < 4.78 is 10.6. The fourth-order valence-corrected chi connectivity index (χ4v) is 2.51. The number of nitrogens with one attached hydrogen (secondary N) is 1. The molecule has 1 amide bonds. The number of para-hydroxylation sites is 1. The predicted octanol–water partition coefficient (Wildman–Crippen LogP) is 4.24. The minimum absolute atomic E-state index is 0.0692. The molecule has 122 valence electrons. The number of hydrogen-bond donors (Lipinski definition) is 1. The number of halogens is 1. The van der Waals surface area contributed by atoms with Gasteiger partial charge >= 0.3 is 0 Å². The fourth-order valence-electron chi connectivity index (χ4n) is 2.34. The molecule has 0 aliphatic rings. The average Bonchev–Trinajstić information content (AvgIpc) is 2.55. The van der Waals surface area contributed by atoms with Crippen LogP contribution < -0.4 is 14.8 Å². The van der Waals surface area contributed by atoms with Crippen molar-refractivity contribution in [2.75, 3.05) is 19.5 Å². The summed E-state index contributed by atoms with van der Waals surface area (Å²) in [5.74, 6) is 1.26. The Bertz CT molecular complexity index is 701. The van der Waals surface area contributed by atoms with Crippen LogP contribution in [0.4, 0.5) is 5.69 Å². The van der Waals surface area contributed by atoms with E-state index in [0.29, 0.717) is 29.4 Å². The topological polar surface area (TPSA) is 47.6 Å².